The van der Waals surface area contributed by atoms with Gasteiger partial charge in [-0.15, -0.1) is 0 Å². The van der Waals surface area contributed by atoms with Crippen molar-refractivity contribution in [2.45, 2.75) is 32.5 Å². The first-order valence-electron chi connectivity index (χ1n) is 7.93. The number of piperidine rings is 1. The number of likely N-dealkylation sites (tertiary alicyclic amines) is 1. The lowest BCUT2D eigenvalue weighted by Crippen LogP contribution is -2.42. The second-order valence-electron chi connectivity index (χ2n) is 5.87. The van der Waals surface area contributed by atoms with E-state index in [1.807, 2.05) is 0 Å². The lowest BCUT2D eigenvalue weighted by Gasteiger charge is -2.30. The molecule has 1 fully saturated rings. The summed E-state index contributed by atoms with van der Waals surface area (Å²) in [6, 6.07) is 3.12. The van der Waals surface area contributed by atoms with Crippen LogP contribution in [0.3, 0.4) is 0 Å². The topological polar surface area (TPSA) is 71.5 Å². The lowest BCUT2D eigenvalue weighted by molar-refractivity contribution is -0.154. The Morgan fingerprint density at radius 1 is 1.36 bits per heavy atom. The van der Waals surface area contributed by atoms with Gasteiger partial charge in [0.05, 0.1) is 0 Å². The molecular weight excluding hydrogens is 339 g/mol. The highest BCUT2D eigenvalue weighted by Crippen LogP contribution is 2.21. The highest BCUT2D eigenvalue weighted by molar-refractivity contribution is 5.79. The molecule has 0 atom stereocenters. The number of nitrogens with zero attached hydrogens (tertiary/aromatic N) is 2. The number of aromatic nitrogens is 1. The number of hydrogen-bond donors (Lipinski definition) is 1. The van der Waals surface area contributed by atoms with Gasteiger partial charge in [-0.1, -0.05) is 6.07 Å². The van der Waals surface area contributed by atoms with Gasteiger partial charge in [0.25, 0.3) is 0 Å². The zero-order valence-electron chi connectivity index (χ0n) is 13.8. The molecule has 1 saturated heterocycles. The summed E-state index contributed by atoms with van der Waals surface area (Å²) >= 11 is 0. The van der Waals surface area contributed by atoms with Crippen molar-refractivity contribution in [1.29, 1.82) is 0 Å². The molecule has 0 saturated carbocycles. The number of carbonyl (C=O) groups excluding carboxylic acids is 2. The van der Waals surface area contributed by atoms with E-state index in [1.54, 1.807) is 17.0 Å². The fourth-order valence-corrected chi connectivity index (χ4v) is 2.62. The first kappa shape index (κ1) is 19.0. The predicted octanol–water partition coefficient (Wildman–Crippen LogP) is 1.90. The van der Waals surface area contributed by atoms with E-state index in [4.69, 9.17) is 0 Å². The summed E-state index contributed by atoms with van der Waals surface area (Å²) in [5.41, 5.74) is 0.376. The molecule has 2 rings (SSSR count). The highest BCUT2D eigenvalue weighted by Gasteiger charge is 2.29. The molecule has 1 aromatic heterocycles. The maximum Gasteiger partial charge on any atom is 0.422 e. The van der Waals surface area contributed by atoms with Gasteiger partial charge in [0.2, 0.25) is 17.7 Å². The van der Waals surface area contributed by atoms with E-state index in [-0.39, 0.29) is 30.2 Å². The van der Waals surface area contributed by atoms with Gasteiger partial charge in [-0.05, 0) is 18.9 Å². The van der Waals surface area contributed by atoms with Crippen molar-refractivity contribution in [2.24, 2.45) is 5.92 Å². The number of nitrogens with one attached hydrogen (secondary N) is 1. The van der Waals surface area contributed by atoms with Crippen LogP contribution in [0.2, 0.25) is 0 Å². The first-order valence-corrected chi connectivity index (χ1v) is 7.93. The third kappa shape index (κ3) is 5.91. The predicted molar refractivity (Wildman–Crippen MR) is 82.6 cm³/mol. The molecule has 1 aliphatic rings. The molecule has 2 amide bonds. The Balaban J connectivity index is 1.87. The van der Waals surface area contributed by atoms with E-state index in [0.29, 0.717) is 31.5 Å². The zero-order valence-corrected chi connectivity index (χ0v) is 13.8. The molecule has 0 bridgehead atoms. The van der Waals surface area contributed by atoms with Crippen molar-refractivity contribution in [2.75, 3.05) is 19.7 Å². The Morgan fingerprint density at radius 2 is 2.04 bits per heavy atom. The van der Waals surface area contributed by atoms with Gasteiger partial charge in [0, 0.05) is 44.2 Å². The third-order valence-electron chi connectivity index (χ3n) is 3.99. The van der Waals surface area contributed by atoms with Crippen LogP contribution in [0.4, 0.5) is 13.2 Å². The molecule has 6 nitrogen and oxygen atoms in total. The monoisotopic (exact) mass is 359 g/mol. The van der Waals surface area contributed by atoms with E-state index < -0.39 is 12.8 Å². The summed E-state index contributed by atoms with van der Waals surface area (Å²) in [6.07, 6.45) is -2.00. The largest absolute Gasteiger partial charge is 0.468 e. The van der Waals surface area contributed by atoms with Gasteiger partial charge >= 0.3 is 6.18 Å². The summed E-state index contributed by atoms with van der Waals surface area (Å²) in [7, 11) is 0. The maximum atomic E-state index is 12.3. The average Bonchev–Trinajstić information content (AvgIpc) is 2.58. The first-order chi connectivity index (χ1) is 11.8. The van der Waals surface area contributed by atoms with Gasteiger partial charge in [0.1, 0.15) is 0 Å². The van der Waals surface area contributed by atoms with Crippen LogP contribution in [0.5, 0.6) is 5.88 Å². The van der Waals surface area contributed by atoms with Gasteiger partial charge in [-0.25, -0.2) is 4.98 Å². The lowest BCUT2D eigenvalue weighted by atomic mass is 9.96. The highest BCUT2D eigenvalue weighted by atomic mass is 19.4. The molecule has 9 heteroatoms. The van der Waals surface area contributed by atoms with Gasteiger partial charge < -0.3 is 15.0 Å². The zero-order chi connectivity index (χ0) is 18.4. The normalized spacial score (nSPS) is 15.8. The average molecular weight is 359 g/mol. The Hall–Kier alpha value is -2.32. The molecule has 1 N–H and O–H groups in total. The summed E-state index contributed by atoms with van der Waals surface area (Å²) < 4.78 is 41.5. The molecular formula is C16H20F3N3O3. The van der Waals surface area contributed by atoms with Crippen LogP contribution in [0.1, 0.15) is 25.3 Å². The fraction of sp³-hybridized carbons (Fsp3) is 0.562. The summed E-state index contributed by atoms with van der Waals surface area (Å²) in [5, 5.41) is 2.71. The summed E-state index contributed by atoms with van der Waals surface area (Å²) in [6.45, 7) is 1.15. The van der Waals surface area contributed by atoms with Gasteiger partial charge in [-0.3, -0.25) is 9.59 Å². The fourth-order valence-electron chi connectivity index (χ4n) is 2.62. The Labute approximate surface area is 143 Å². The van der Waals surface area contributed by atoms with Crippen LogP contribution in [-0.2, 0) is 16.1 Å². The second-order valence-corrected chi connectivity index (χ2v) is 5.87. The molecule has 0 radical (unpaired) electrons. The number of amides is 2. The van der Waals surface area contributed by atoms with E-state index >= 15 is 0 Å². The summed E-state index contributed by atoms with van der Waals surface area (Å²) in [4.78, 5) is 29.0. The SMILES string of the molecule is CC(=O)N1CCC(C(=O)NCc2cccnc2OCC(F)(F)F)CC1. The number of carbonyl (C=O) groups is 2. The molecule has 138 valence electrons. The van der Waals surface area contributed by atoms with Crippen LogP contribution in [0, 0.1) is 5.92 Å². The smallest absolute Gasteiger partial charge is 0.422 e. The molecule has 25 heavy (non-hydrogen) atoms. The van der Waals surface area contributed by atoms with E-state index in [2.05, 4.69) is 15.0 Å². The second kappa shape index (κ2) is 8.17. The standard InChI is InChI=1S/C16H20F3N3O3/c1-11(23)22-7-4-12(5-8-22)14(24)21-9-13-3-2-6-20-15(13)25-10-16(17,18)19/h2-3,6,12H,4-5,7-10H2,1H3,(H,21,24). The molecule has 0 unspecified atom stereocenters. The van der Waals surface area contributed by atoms with Crippen molar-refractivity contribution < 1.29 is 27.5 Å². The van der Waals surface area contributed by atoms with Crippen LogP contribution < -0.4 is 10.1 Å². The molecule has 1 aromatic rings. The Kier molecular flexibility index (Phi) is 6.22. The number of rotatable bonds is 5. The summed E-state index contributed by atoms with van der Waals surface area (Å²) in [5.74, 6) is -0.562. The van der Waals surface area contributed by atoms with Crippen molar-refractivity contribution >= 4 is 11.8 Å². The van der Waals surface area contributed by atoms with Crippen molar-refractivity contribution in [3.63, 3.8) is 0 Å². The van der Waals surface area contributed by atoms with Crippen LogP contribution >= 0.6 is 0 Å². The third-order valence-corrected chi connectivity index (χ3v) is 3.99. The maximum absolute atomic E-state index is 12.3. The van der Waals surface area contributed by atoms with Gasteiger partial charge in [-0.2, -0.15) is 13.2 Å². The van der Waals surface area contributed by atoms with Crippen molar-refractivity contribution in [1.82, 2.24) is 15.2 Å². The number of alkyl halides is 3. The number of pyridine rings is 1. The van der Waals surface area contributed by atoms with Crippen molar-refractivity contribution in [3.8, 4) is 5.88 Å². The van der Waals surface area contributed by atoms with Crippen LogP contribution in [0.25, 0.3) is 0 Å². The molecule has 1 aliphatic heterocycles. The van der Waals surface area contributed by atoms with Crippen LogP contribution in [-0.4, -0.2) is 47.6 Å². The Bertz CT molecular complexity index is 614. The number of halogens is 3. The molecule has 0 aromatic carbocycles. The molecule has 0 aliphatic carbocycles. The minimum atomic E-state index is -4.46. The molecule has 2 heterocycles. The van der Waals surface area contributed by atoms with Gasteiger partial charge in [0.15, 0.2) is 6.61 Å². The minimum absolute atomic E-state index is 0.0133. The van der Waals surface area contributed by atoms with E-state index in [9.17, 15) is 22.8 Å². The van der Waals surface area contributed by atoms with E-state index in [0.717, 1.165) is 0 Å². The molecule has 0 spiro atoms. The van der Waals surface area contributed by atoms with Crippen molar-refractivity contribution in [3.05, 3.63) is 23.9 Å². The number of ether oxygens (including phenoxy) is 1. The Morgan fingerprint density at radius 3 is 2.64 bits per heavy atom. The quantitative estimate of drug-likeness (QED) is 0.872. The minimum Gasteiger partial charge on any atom is -0.468 e. The number of hydrogen-bond acceptors (Lipinski definition) is 4. The van der Waals surface area contributed by atoms with E-state index in [1.165, 1.54) is 13.1 Å². The van der Waals surface area contributed by atoms with Crippen LogP contribution in [0.15, 0.2) is 18.3 Å².